The third kappa shape index (κ3) is 26.5. The van der Waals surface area contributed by atoms with E-state index in [0.29, 0.717) is 19.3 Å². The molecule has 0 spiro atoms. The van der Waals surface area contributed by atoms with E-state index in [1.54, 1.807) is 0 Å². The van der Waals surface area contributed by atoms with Gasteiger partial charge >= 0.3 is 0 Å². The van der Waals surface area contributed by atoms with E-state index in [-0.39, 0.29) is 17.5 Å². The second-order valence-electron chi connectivity index (χ2n) is 11.5. The van der Waals surface area contributed by atoms with Crippen LogP contribution in [0.2, 0.25) is 0 Å². The van der Waals surface area contributed by atoms with Gasteiger partial charge in [-0.25, -0.2) is 0 Å². The van der Waals surface area contributed by atoms with Gasteiger partial charge in [-0.2, -0.15) is 0 Å². The van der Waals surface area contributed by atoms with E-state index >= 15 is 0 Å². The molecule has 0 aromatic heterocycles. The summed E-state index contributed by atoms with van der Waals surface area (Å²) < 4.78 is 0. The Labute approximate surface area is 250 Å². The second kappa shape index (κ2) is 31.8. The van der Waals surface area contributed by atoms with E-state index in [2.05, 4.69) is 62.5 Å². The fourth-order valence-electron chi connectivity index (χ4n) is 5.08. The van der Waals surface area contributed by atoms with Gasteiger partial charge in [0.15, 0.2) is 0 Å². The maximum Gasteiger partial charge on any atom is 0.143 e. The number of allylic oxidation sites excluding steroid dienone is 8. The molecular weight excluding hydrogens is 488 g/mol. The van der Waals surface area contributed by atoms with Crippen LogP contribution in [0.3, 0.4) is 0 Å². The minimum atomic E-state index is -0.371. The van der Waals surface area contributed by atoms with Gasteiger partial charge in [0.2, 0.25) is 0 Å². The number of carbonyl (C=O) groups excluding carboxylic acids is 2. The zero-order valence-electron chi connectivity index (χ0n) is 27.0. The Morgan fingerprint density at radius 1 is 0.425 bits per heavy atom. The van der Waals surface area contributed by atoms with Crippen LogP contribution in [0.25, 0.3) is 0 Å². The van der Waals surface area contributed by atoms with Crippen LogP contribution in [0, 0.1) is 5.92 Å². The zero-order valence-corrected chi connectivity index (χ0v) is 27.0. The van der Waals surface area contributed by atoms with Gasteiger partial charge in [0.05, 0.1) is 5.92 Å². The lowest BCUT2D eigenvalue weighted by molar-refractivity contribution is -0.133. The van der Waals surface area contributed by atoms with Crippen molar-refractivity contribution in [1.29, 1.82) is 0 Å². The number of ketones is 2. The highest BCUT2D eigenvalue weighted by Gasteiger charge is 2.23. The topological polar surface area (TPSA) is 34.1 Å². The largest absolute Gasteiger partial charge is 0.299 e. The molecule has 0 aromatic carbocycles. The average Bonchev–Trinajstić information content (AvgIpc) is 2.95. The smallest absolute Gasteiger partial charge is 0.143 e. The molecule has 230 valence electrons. The number of unbranched alkanes of at least 4 members (excludes halogenated alkanes) is 15. The van der Waals surface area contributed by atoms with Crippen molar-refractivity contribution in [3.8, 4) is 0 Å². The number of hydrogen-bond donors (Lipinski definition) is 0. The maximum atomic E-state index is 12.6. The molecule has 40 heavy (non-hydrogen) atoms. The molecule has 1 unspecified atom stereocenters. The molecule has 0 fully saturated rings. The Morgan fingerprint density at radius 2 is 0.775 bits per heavy atom. The lowest BCUT2D eigenvalue weighted by atomic mass is 9.90. The van der Waals surface area contributed by atoms with Gasteiger partial charge in [-0.1, -0.05) is 153 Å². The maximum absolute atomic E-state index is 12.6. The molecule has 0 radical (unpaired) electrons. The Hall–Kier alpha value is -1.70. The summed E-state index contributed by atoms with van der Waals surface area (Å²) in [6.07, 6.45) is 45.0. The highest BCUT2D eigenvalue weighted by molar-refractivity contribution is 6.02. The summed E-state index contributed by atoms with van der Waals surface area (Å²) in [5, 5.41) is 0. The third-order valence-corrected chi connectivity index (χ3v) is 7.71. The quantitative estimate of drug-likeness (QED) is 0.0502. The summed E-state index contributed by atoms with van der Waals surface area (Å²) in [5.74, 6) is -0.0381. The molecule has 0 aliphatic carbocycles. The van der Waals surface area contributed by atoms with Crippen LogP contribution in [-0.2, 0) is 9.59 Å². The average molecular weight is 555 g/mol. The molecule has 0 saturated carbocycles. The first-order valence-corrected chi connectivity index (χ1v) is 17.3. The molecule has 0 bridgehead atoms. The molecule has 2 heteroatoms. The van der Waals surface area contributed by atoms with Crippen LogP contribution in [0.15, 0.2) is 48.6 Å². The number of carbonyl (C=O) groups is 2. The lowest BCUT2D eigenvalue weighted by Crippen LogP contribution is -2.23. The molecular formula is C38H66O2. The summed E-state index contributed by atoms with van der Waals surface area (Å²) in [4.78, 5) is 25.3. The van der Waals surface area contributed by atoms with E-state index in [9.17, 15) is 9.59 Å². The Bertz CT molecular complexity index is 682. The highest BCUT2D eigenvalue weighted by Crippen LogP contribution is 2.17. The second-order valence-corrected chi connectivity index (χ2v) is 11.5. The van der Waals surface area contributed by atoms with Crippen LogP contribution in [0.5, 0.6) is 0 Å². The molecule has 0 rings (SSSR count). The van der Waals surface area contributed by atoms with E-state index < -0.39 is 0 Å². The zero-order chi connectivity index (χ0) is 29.4. The highest BCUT2D eigenvalue weighted by atomic mass is 16.1. The fourth-order valence-corrected chi connectivity index (χ4v) is 5.08. The van der Waals surface area contributed by atoms with Gasteiger partial charge in [-0.05, 0) is 57.8 Å². The van der Waals surface area contributed by atoms with Crippen molar-refractivity contribution in [2.24, 2.45) is 5.92 Å². The number of Topliss-reactive ketones (excluding diaryl/α,β-unsaturated/α-hetero) is 2. The van der Waals surface area contributed by atoms with Crippen LogP contribution < -0.4 is 0 Å². The minimum Gasteiger partial charge on any atom is -0.299 e. The normalized spacial score (nSPS) is 13.0. The van der Waals surface area contributed by atoms with Crippen molar-refractivity contribution in [3.05, 3.63) is 48.6 Å². The predicted molar refractivity (Wildman–Crippen MR) is 178 cm³/mol. The first-order valence-electron chi connectivity index (χ1n) is 17.3. The Kier molecular flexibility index (Phi) is 30.5. The van der Waals surface area contributed by atoms with Gasteiger partial charge in [0.25, 0.3) is 0 Å². The predicted octanol–water partition coefficient (Wildman–Crippen LogP) is 12.4. The molecule has 0 aliphatic rings. The first kappa shape index (κ1) is 38.3. The molecule has 0 aromatic rings. The standard InChI is InChI=1S/C38H66O2/c1-4-7-9-11-13-15-17-19-20-21-22-23-25-27-29-31-33-35-38(40)36(6-3)37(39)34-32-30-28-26-24-18-16-14-12-10-8-5-2/h13,15,19-20,22-23,27,29,36H,4-12,14,16-18,21,24-26,28,30-35H2,1-3H3/b15-13-,20-19-,23-22-,29-27-. The number of hydrogen-bond acceptors (Lipinski definition) is 2. The summed E-state index contributed by atoms with van der Waals surface area (Å²) in [7, 11) is 0. The van der Waals surface area contributed by atoms with Crippen LogP contribution in [-0.4, -0.2) is 11.6 Å². The van der Waals surface area contributed by atoms with Crippen LogP contribution in [0.1, 0.15) is 175 Å². The van der Waals surface area contributed by atoms with Crippen molar-refractivity contribution in [2.45, 2.75) is 175 Å². The van der Waals surface area contributed by atoms with Crippen LogP contribution in [0.4, 0.5) is 0 Å². The molecule has 0 heterocycles. The molecule has 2 nitrogen and oxygen atoms in total. The van der Waals surface area contributed by atoms with Crippen molar-refractivity contribution >= 4 is 11.6 Å². The Morgan fingerprint density at radius 3 is 1.23 bits per heavy atom. The minimum absolute atomic E-state index is 0.155. The summed E-state index contributed by atoms with van der Waals surface area (Å²) >= 11 is 0. The fraction of sp³-hybridized carbons (Fsp3) is 0.737. The first-order chi connectivity index (χ1) is 19.7. The van der Waals surface area contributed by atoms with Crippen molar-refractivity contribution in [3.63, 3.8) is 0 Å². The van der Waals surface area contributed by atoms with E-state index in [0.717, 1.165) is 44.9 Å². The molecule has 0 N–H and O–H groups in total. The van der Waals surface area contributed by atoms with Crippen LogP contribution >= 0.6 is 0 Å². The molecule has 1 atom stereocenters. The number of rotatable bonds is 30. The van der Waals surface area contributed by atoms with Gasteiger partial charge in [0, 0.05) is 12.8 Å². The molecule has 0 aliphatic heterocycles. The van der Waals surface area contributed by atoms with Crippen molar-refractivity contribution in [2.75, 3.05) is 0 Å². The van der Waals surface area contributed by atoms with E-state index in [1.807, 2.05) is 6.92 Å². The third-order valence-electron chi connectivity index (χ3n) is 7.71. The summed E-state index contributed by atoms with van der Waals surface area (Å²) in [6.45, 7) is 6.49. The summed E-state index contributed by atoms with van der Waals surface area (Å²) in [6, 6.07) is 0. The van der Waals surface area contributed by atoms with E-state index in [4.69, 9.17) is 0 Å². The molecule has 0 saturated heterocycles. The van der Waals surface area contributed by atoms with Gasteiger partial charge in [-0.15, -0.1) is 0 Å². The molecule has 0 amide bonds. The monoisotopic (exact) mass is 555 g/mol. The van der Waals surface area contributed by atoms with Crippen molar-refractivity contribution < 1.29 is 9.59 Å². The van der Waals surface area contributed by atoms with Gasteiger partial charge in [0.1, 0.15) is 11.6 Å². The Balaban J connectivity index is 3.77. The van der Waals surface area contributed by atoms with Crippen molar-refractivity contribution in [1.82, 2.24) is 0 Å². The SMILES string of the molecule is CCCCC/C=C\C/C=C\C/C=C\C/C=C\CCCC(=O)C(CC)C(=O)CCCCCCCCCCCCCC. The van der Waals surface area contributed by atoms with Gasteiger partial charge < -0.3 is 0 Å². The van der Waals surface area contributed by atoms with Gasteiger partial charge in [-0.3, -0.25) is 9.59 Å². The van der Waals surface area contributed by atoms with E-state index in [1.165, 1.54) is 89.9 Å². The summed E-state index contributed by atoms with van der Waals surface area (Å²) in [5.41, 5.74) is 0. The lowest BCUT2D eigenvalue weighted by Gasteiger charge is -2.12.